The van der Waals surface area contributed by atoms with Crippen molar-refractivity contribution in [1.29, 1.82) is 0 Å². The molecule has 1 aliphatic rings. The molecule has 1 aliphatic carbocycles. The molecule has 1 atom stereocenters. The van der Waals surface area contributed by atoms with Gasteiger partial charge >= 0.3 is 5.97 Å². The van der Waals surface area contributed by atoms with Crippen molar-refractivity contribution in [3.05, 3.63) is 62.0 Å². The Balaban J connectivity index is 1.90. The van der Waals surface area contributed by atoms with Gasteiger partial charge in [-0.2, -0.15) is 0 Å². The van der Waals surface area contributed by atoms with Crippen LogP contribution in [-0.4, -0.2) is 22.1 Å². The van der Waals surface area contributed by atoms with Gasteiger partial charge in [0.15, 0.2) is 0 Å². The molecule has 5 nitrogen and oxygen atoms in total. The summed E-state index contributed by atoms with van der Waals surface area (Å²) < 4.78 is 6.67. The van der Waals surface area contributed by atoms with Crippen molar-refractivity contribution in [2.75, 3.05) is 6.61 Å². The van der Waals surface area contributed by atoms with E-state index in [2.05, 4.69) is 11.9 Å². The van der Waals surface area contributed by atoms with Gasteiger partial charge in [0.2, 0.25) is 5.82 Å². The number of hydrogen-bond donors (Lipinski definition) is 0. The number of ether oxygens (including phenoxy) is 1. The van der Waals surface area contributed by atoms with Crippen LogP contribution in [0.1, 0.15) is 52.5 Å². The van der Waals surface area contributed by atoms with Crippen LogP contribution in [0.5, 0.6) is 0 Å². The van der Waals surface area contributed by atoms with Crippen LogP contribution in [0.2, 0.25) is 0 Å². The summed E-state index contributed by atoms with van der Waals surface area (Å²) in [5.41, 5.74) is 3.10. The standard InChI is InChI=1S/C22H24N2O3S/c1-4-27-22(26)19-23-20-18(16-10-7-14(3)11-17(16)28-20)21(25)24(19)12-15-8-5-13(2)6-9-15/h5-6,8-9,14H,4,7,10-12H2,1-3H3/t14-/m0/s1. The Morgan fingerprint density at radius 3 is 2.79 bits per heavy atom. The lowest BCUT2D eigenvalue weighted by atomic mass is 9.89. The van der Waals surface area contributed by atoms with Crippen LogP contribution in [0.4, 0.5) is 0 Å². The fraction of sp³-hybridized carbons (Fsp3) is 0.409. The van der Waals surface area contributed by atoms with Crippen LogP contribution < -0.4 is 5.56 Å². The summed E-state index contributed by atoms with van der Waals surface area (Å²) >= 11 is 1.55. The van der Waals surface area contributed by atoms with Crippen LogP contribution >= 0.6 is 11.3 Å². The van der Waals surface area contributed by atoms with Crippen LogP contribution in [0.25, 0.3) is 10.2 Å². The molecule has 2 aromatic heterocycles. The second kappa shape index (κ2) is 7.51. The number of carbonyl (C=O) groups is 1. The predicted molar refractivity (Wildman–Crippen MR) is 111 cm³/mol. The van der Waals surface area contributed by atoms with Crippen molar-refractivity contribution in [1.82, 2.24) is 9.55 Å². The molecule has 2 heterocycles. The Labute approximate surface area is 168 Å². The van der Waals surface area contributed by atoms with Gasteiger partial charge in [0, 0.05) is 4.88 Å². The predicted octanol–water partition coefficient (Wildman–Crippen LogP) is 4.12. The highest BCUT2D eigenvalue weighted by Crippen LogP contribution is 2.35. The molecule has 0 spiro atoms. The highest BCUT2D eigenvalue weighted by Gasteiger charge is 2.26. The third kappa shape index (κ3) is 3.37. The minimum absolute atomic E-state index is 0.0894. The lowest BCUT2D eigenvalue weighted by molar-refractivity contribution is 0.0505. The van der Waals surface area contributed by atoms with E-state index in [1.807, 2.05) is 31.2 Å². The van der Waals surface area contributed by atoms with Gasteiger partial charge in [-0.3, -0.25) is 9.36 Å². The van der Waals surface area contributed by atoms with E-state index in [4.69, 9.17) is 4.74 Å². The van der Waals surface area contributed by atoms with E-state index in [0.29, 0.717) is 22.7 Å². The van der Waals surface area contributed by atoms with Crippen molar-refractivity contribution in [3.8, 4) is 0 Å². The summed E-state index contributed by atoms with van der Waals surface area (Å²) in [6.07, 6.45) is 2.95. The number of hydrogen-bond acceptors (Lipinski definition) is 5. The number of carbonyl (C=O) groups excluding carboxylic acids is 1. The quantitative estimate of drug-likeness (QED) is 0.623. The molecule has 3 aromatic rings. The molecule has 0 saturated carbocycles. The first kappa shape index (κ1) is 18.9. The molecule has 0 aliphatic heterocycles. The Morgan fingerprint density at radius 1 is 1.32 bits per heavy atom. The third-order valence-corrected chi connectivity index (χ3v) is 6.48. The summed E-state index contributed by atoms with van der Waals surface area (Å²) in [6.45, 7) is 6.56. The third-order valence-electron chi connectivity index (χ3n) is 5.33. The van der Waals surface area contributed by atoms with Gasteiger partial charge < -0.3 is 4.74 Å². The Morgan fingerprint density at radius 2 is 2.07 bits per heavy atom. The zero-order valence-electron chi connectivity index (χ0n) is 16.4. The van der Waals surface area contributed by atoms with Gasteiger partial charge in [0.05, 0.1) is 18.5 Å². The molecule has 146 valence electrons. The average Bonchev–Trinajstić information content (AvgIpc) is 3.03. The van der Waals surface area contributed by atoms with E-state index >= 15 is 0 Å². The van der Waals surface area contributed by atoms with E-state index in [0.717, 1.165) is 36.0 Å². The smallest absolute Gasteiger partial charge is 0.374 e. The highest BCUT2D eigenvalue weighted by atomic mass is 32.1. The van der Waals surface area contributed by atoms with Crippen molar-refractivity contribution in [2.24, 2.45) is 5.92 Å². The number of thiophene rings is 1. The van der Waals surface area contributed by atoms with E-state index < -0.39 is 5.97 Å². The Kier molecular flexibility index (Phi) is 5.06. The molecule has 0 fully saturated rings. The first-order valence-electron chi connectivity index (χ1n) is 9.75. The molecule has 0 saturated heterocycles. The maximum absolute atomic E-state index is 13.5. The number of benzene rings is 1. The molecule has 6 heteroatoms. The van der Waals surface area contributed by atoms with Crippen LogP contribution in [0.15, 0.2) is 29.1 Å². The Bertz CT molecular complexity index is 1100. The molecule has 4 rings (SSSR count). The van der Waals surface area contributed by atoms with Gasteiger partial charge in [-0.15, -0.1) is 11.3 Å². The van der Waals surface area contributed by atoms with E-state index in [1.165, 1.54) is 9.44 Å². The van der Waals surface area contributed by atoms with Gasteiger partial charge in [-0.1, -0.05) is 36.8 Å². The van der Waals surface area contributed by atoms with Crippen molar-refractivity contribution >= 4 is 27.5 Å². The second-order valence-electron chi connectivity index (χ2n) is 7.56. The summed E-state index contributed by atoms with van der Waals surface area (Å²) in [7, 11) is 0. The maximum atomic E-state index is 13.5. The minimum Gasteiger partial charge on any atom is -0.460 e. The lowest BCUT2D eigenvalue weighted by Gasteiger charge is -2.17. The maximum Gasteiger partial charge on any atom is 0.374 e. The lowest BCUT2D eigenvalue weighted by Crippen LogP contribution is -2.29. The minimum atomic E-state index is -0.548. The normalized spacial score (nSPS) is 16.2. The number of aromatic nitrogens is 2. The van der Waals surface area contributed by atoms with E-state index in [1.54, 1.807) is 18.3 Å². The van der Waals surface area contributed by atoms with Crippen LogP contribution in [0.3, 0.4) is 0 Å². The number of aryl methyl sites for hydroxylation is 2. The molecule has 1 aromatic carbocycles. The first-order valence-corrected chi connectivity index (χ1v) is 10.6. The zero-order chi connectivity index (χ0) is 19.8. The fourth-order valence-corrected chi connectivity index (χ4v) is 5.17. The second-order valence-corrected chi connectivity index (χ2v) is 8.65. The van der Waals surface area contributed by atoms with Crippen molar-refractivity contribution in [3.63, 3.8) is 0 Å². The van der Waals surface area contributed by atoms with Gasteiger partial charge in [-0.05, 0) is 50.2 Å². The summed E-state index contributed by atoms with van der Waals surface area (Å²) in [5, 5.41) is 0.687. The number of fused-ring (bicyclic) bond motifs is 3. The summed E-state index contributed by atoms with van der Waals surface area (Å²) in [6, 6.07) is 7.96. The largest absolute Gasteiger partial charge is 0.460 e. The fourth-order valence-electron chi connectivity index (χ4n) is 3.80. The Hall–Kier alpha value is -2.47. The molecule has 0 unspecified atom stereocenters. The van der Waals surface area contributed by atoms with Gasteiger partial charge in [-0.25, -0.2) is 9.78 Å². The molecule has 0 N–H and O–H groups in total. The van der Waals surface area contributed by atoms with Gasteiger partial charge in [0.25, 0.3) is 5.56 Å². The molecular weight excluding hydrogens is 372 g/mol. The molecule has 28 heavy (non-hydrogen) atoms. The molecular formula is C22H24N2O3S. The van der Waals surface area contributed by atoms with Crippen molar-refractivity contribution in [2.45, 2.75) is 46.6 Å². The monoisotopic (exact) mass is 396 g/mol. The molecule has 0 amide bonds. The van der Waals surface area contributed by atoms with Gasteiger partial charge in [0.1, 0.15) is 4.83 Å². The van der Waals surface area contributed by atoms with E-state index in [-0.39, 0.29) is 18.0 Å². The van der Waals surface area contributed by atoms with Crippen LogP contribution in [-0.2, 0) is 24.1 Å². The zero-order valence-corrected chi connectivity index (χ0v) is 17.3. The molecule has 0 bridgehead atoms. The topological polar surface area (TPSA) is 61.2 Å². The number of esters is 1. The first-order chi connectivity index (χ1) is 13.5. The number of nitrogens with zero attached hydrogens (tertiary/aromatic N) is 2. The van der Waals surface area contributed by atoms with Crippen molar-refractivity contribution < 1.29 is 9.53 Å². The summed E-state index contributed by atoms with van der Waals surface area (Å²) in [5.74, 6) is 0.153. The SMILES string of the molecule is CCOC(=O)c1nc2sc3c(c2c(=O)n1Cc1ccc(C)cc1)CC[C@H](C)C3. The average molecular weight is 397 g/mol. The number of rotatable bonds is 4. The van der Waals surface area contributed by atoms with E-state index in [9.17, 15) is 9.59 Å². The van der Waals surface area contributed by atoms with Crippen LogP contribution in [0, 0.1) is 12.8 Å². The molecule has 0 radical (unpaired) electrons. The summed E-state index contributed by atoms with van der Waals surface area (Å²) in [4.78, 5) is 32.5. The highest BCUT2D eigenvalue weighted by molar-refractivity contribution is 7.18.